The summed E-state index contributed by atoms with van der Waals surface area (Å²) in [4.78, 5) is 2.12. The second-order valence-electron chi connectivity index (χ2n) is 4.05. The van der Waals surface area contributed by atoms with E-state index in [1.807, 2.05) is 12.1 Å². The Morgan fingerprint density at radius 2 is 2.40 bits per heavy atom. The van der Waals surface area contributed by atoms with Gasteiger partial charge in [0.1, 0.15) is 5.76 Å². The third kappa shape index (κ3) is 2.60. The van der Waals surface area contributed by atoms with Crippen LogP contribution in [0, 0.1) is 0 Å². The number of rotatable bonds is 3. The van der Waals surface area contributed by atoms with E-state index in [1.54, 1.807) is 6.26 Å². The summed E-state index contributed by atoms with van der Waals surface area (Å²) in [7, 11) is -2.89. The van der Waals surface area contributed by atoms with Crippen molar-refractivity contribution in [3.8, 4) is 0 Å². The number of sulfone groups is 1. The number of nitrogens with zero attached hydrogens (tertiary/aromatic N) is 1. The topological polar surface area (TPSA) is 50.5 Å². The lowest BCUT2D eigenvalue weighted by Gasteiger charge is -2.13. The van der Waals surface area contributed by atoms with Gasteiger partial charge in [0.15, 0.2) is 9.84 Å². The zero-order valence-electron chi connectivity index (χ0n) is 8.72. The van der Waals surface area contributed by atoms with E-state index in [1.165, 1.54) is 6.26 Å². The minimum Gasteiger partial charge on any atom is -0.468 e. The van der Waals surface area contributed by atoms with E-state index in [4.69, 9.17) is 4.42 Å². The Morgan fingerprint density at radius 3 is 2.93 bits per heavy atom. The fourth-order valence-electron chi connectivity index (χ4n) is 1.91. The monoisotopic (exact) mass is 229 g/mol. The fraction of sp³-hybridized carbons (Fsp3) is 0.600. The van der Waals surface area contributed by atoms with Crippen LogP contribution >= 0.6 is 0 Å². The molecule has 0 radical (unpaired) electrons. The molecule has 1 aliphatic heterocycles. The van der Waals surface area contributed by atoms with Gasteiger partial charge in [0.05, 0.1) is 18.1 Å². The molecule has 1 aromatic rings. The van der Waals surface area contributed by atoms with Crippen molar-refractivity contribution in [2.24, 2.45) is 0 Å². The second-order valence-corrected chi connectivity index (χ2v) is 6.38. The van der Waals surface area contributed by atoms with Gasteiger partial charge >= 0.3 is 0 Å². The smallest absolute Gasteiger partial charge is 0.151 e. The Balaban J connectivity index is 1.94. The fourth-order valence-corrected chi connectivity index (χ4v) is 2.93. The largest absolute Gasteiger partial charge is 0.468 e. The molecule has 1 aromatic heterocycles. The summed E-state index contributed by atoms with van der Waals surface area (Å²) >= 11 is 0. The van der Waals surface area contributed by atoms with Crippen LogP contribution in [0.4, 0.5) is 0 Å². The highest BCUT2D eigenvalue weighted by molar-refractivity contribution is 7.91. The molecule has 0 spiro atoms. The normalized spacial score (nSPS) is 23.4. The van der Waals surface area contributed by atoms with Gasteiger partial charge in [-0.15, -0.1) is 0 Å². The van der Waals surface area contributed by atoms with Crippen molar-refractivity contribution in [3.05, 3.63) is 24.2 Å². The maximum absolute atomic E-state index is 11.3. The van der Waals surface area contributed by atoms with Gasteiger partial charge in [0.25, 0.3) is 0 Å². The van der Waals surface area contributed by atoms with E-state index < -0.39 is 9.84 Å². The molecule has 1 fully saturated rings. The standard InChI is InChI=1S/C10H15NO3S/c1-15(12,13)10-4-5-11(8-10)7-9-3-2-6-14-9/h2-3,6,10H,4-5,7-8H2,1H3. The molecule has 84 valence electrons. The SMILES string of the molecule is CS(=O)(=O)C1CCN(Cc2ccco2)C1. The van der Waals surface area contributed by atoms with Crippen LogP contribution in [0.25, 0.3) is 0 Å². The molecule has 0 saturated carbocycles. The summed E-state index contributed by atoms with van der Waals surface area (Å²) in [5, 5.41) is -0.201. The highest BCUT2D eigenvalue weighted by Gasteiger charge is 2.30. The Labute approximate surface area is 89.8 Å². The van der Waals surface area contributed by atoms with Crippen molar-refractivity contribution >= 4 is 9.84 Å². The molecule has 1 unspecified atom stereocenters. The molecule has 2 rings (SSSR count). The molecule has 0 aromatic carbocycles. The van der Waals surface area contributed by atoms with E-state index in [-0.39, 0.29) is 5.25 Å². The Kier molecular flexibility index (Phi) is 2.84. The minimum atomic E-state index is -2.89. The van der Waals surface area contributed by atoms with E-state index in [0.717, 1.165) is 18.7 Å². The molecule has 0 aliphatic carbocycles. The van der Waals surface area contributed by atoms with E-state index in [9.17, 15) is 8.42 Å². The van der Waals surface area contributed by atoms with Gasteiger partial charge in [-0.3, -0.25) is 4.90 Å². The summed E-state index contributed by atoms with van der Waals surface area (Å²) in [6.07, 6.45) is 3.69. The van der Waals surface area contributed by atoms with E-state index in [0.29, 0.717) is 13.1 Å². The summed E-state index contributed by atoms with van der Waals surface area (Å²) in [6, 6.07) is 3.76. The van der Waals surface area contributed by atoms with Crippen molar-refractivity contribution < 1.29 is 12.8 Å². The van der Waals surface area contributed by atoms with E-state index in [2.05, 4.69) is 4.90 Å². The average molecular weight is 229 g/mol. The van der Waals surface area contributed by atoms with Gasteiger partial charge in [-0.05, 0) is 25.1 Å². The number of hydrogen-bond acceptors (Lipinski definition) is 4. The van der Waals surface area contributed by atoms with Crippen LogP contribution in [0.15, 0.2) is 22.8 Å². The summed E-state index contributed by atoms with van der Waals surface area (Å²) in [5.74, 6) is 0.893. The van der Waals surface area contributed by atoms with Crippen LogP contribution in [-0.2, 0) is 16.4 Å². The average Bonchev–Trinajstić information content (AvgIpc) is 2.73. The molecule has 0 bridgehead atoms. The lowest BCUT2D eigenvalue weighted by molar-refractivity contribution is 0.297. The first-order chi connectivity index (χ1) is 7.05. The molecule has 4 nitrogen and oxygen atoms in total. The minimum absolute atomic E-state index is 0.201. The first-order valence-corrected chi connectivity index (χ1v) is 6.95. The number of hydrogen-bond donors (Lipinski definition) is 0. The molecule has 1 atom stereocenters. The molecule has 15 heavy (non-hydrogen) atoms. The molecule has 1 saturated heterocycles. The lowest BCUT2D eigenvalue weighted by atomic mass is 10.4. The molecule has 0 amide bonds. The Bertz CT molecular complexity index is 410. The number of likely N-dealkylation sites (tertiary alicyclic amines) is 1. The zero-order valence-corrected chi connectivity index (χ0v) is 9.53. The van der Waals surface area contributed by atoms with Gasteiger partial charge in [0.2, 0.25) is 0 Å². The van der Waals surface area contributed by atoms with Gasteiger partial charge in [-0.2, -0.15) is 0 Å². The van der Waals surface area contributed by atoms with Crippen molar-refractivity contribution in [2.45, 2.75) is 18.2 Å². The quantitative estimate of drug-likeness (QED) is 0.772. The third-order valence-corrected chi connectivity index (χ3v) is 4.39. The van der Waals surface area contributed by atoms with Crippen molar-refractivity contribution in [1.82, 2.24) is 4.90 Å². The molecule has 0 N–H and O–H groups in total. The summed E-state index contributed by atoms with van der Waals surface area (Å²) < 4.78 is 27.9. The lowest BCUT2D eigenvalue weighted by Crippen LogP contribution is -2.25. The summed E-state index contributed by atoms with van der Waals surface area (Å²) in [6.45, 7) is 2.16. The van der Waals surface area contributed by atoms with Gasteiger partial charge in [0, 0.05) is 12.8 Å². The second kappa shape index (κ2) is 3.98. The van der Waals surface area contributed by atoms with Crippen LogP contribution < -0.4 is 0 Å². The van der Waals surface area contributed by atoms with Crippen molar-refractivity contribution in [2.75, 3.05) is 19.3 Å². The van der Waals surface area contributed by atoms with Crippen LogP contribution in [0.3, 0.4) is 0 Å². The molecular formula is C10H15NO3S. The Morgan fingerprint density at radius 1 is 1.60 bits per heavy atom. The maximum Gasteiger partial charge on any atom is 0.151 e. The zero-order chi connectivity index (χ0) is 10.9. The predicted octanol–water partition coefficient (Wildman–Crippen LogP) is 0.898. The van der Waals surface area contributed by atoms with Gasteiger partial charge in [-0.25, -0.2) is 8.42 Å². The number of furan rings is 1. The highest BCUT2D eigenvalue weighted by Crippen LogP contribution is 2.18. The summed E-state index contributed by atoms with van der Waals surface area (Å²) in [5.41, 5.74) is 0. The predicted molar refractivity (Wildman–Crippen MR) is 57.2 cm³/mol. The van der Waals surface area contributed by atoms with Gasteiger partial charge in [-0.1, -0.05) is 0 Å². The molecular weight excluding hydrogens is 214 g/mol. The first kappa shape index (κ1) is 10.7. The highest BCUT2D eigenvalue weighted by atomic mass is 32.2. The maximum atomic E-state index is 11.3. The van der Waals surface area contributed by atoms with Crippen LogP contribution in [0.5, 0.6) is 0 Å². The van der Waals surface area contributed by atoms with Crippen LogP contribution in [0.2, 0.25) is 0 Å². The van der Waals surface area contributed by atoms with Crippen LogP contribution in [0.1, 0.15) is 12.2 Å². The van der Waals surface area contributed by atoms with E-state index >= 15 is 0 Å². The molecule has 2 heterocycles. The third-order valence-electron chi connectivity index (χ3n) is 2.79. The van der Waals surface area contributed by atoms with Crippen molar-refractivity contribution in [1.29, 1.82) is 0 Å². The van der Waals surface area contributed by atoms with Crippen molar-refractivity contribution in [3.63, 3.8) is 0 Å². The molecule has 1 aliphatic rings. The van der Waals surface area contributed by atoms with Crippen LogP contribution in [-0.4, -0.2) is 37.9 Å². The van der Waals surface area contributed by atoms with Gasteiger partial charge < -0.3 is 4.42 Å². The Hall–Kier alpha value is -0.810. The first-order valence-electron chi connectivity index (χ1n) is 4.99. The molecule has 5 heteroatoms.